The molecule has 0 spiro atoms. The van der Waals surface area contributed by atoms with E-state index in [2.05, 4.69) is 51.2 Å². The van der Waals surface area contributed by atoms with Gasteiger partial charge in [0.25, 0.3) is 0 Å². The molecule has 1 aliphatic rings. The Balaban J connectivity index is 1.74. The smallest absolute Gasteiger partial charge is 0.191 e. The van der Waals surface area contributed by atoms with E-state index in [0.717, 1.165) is 63.1 Å². The molecule has 1 aromatic heterocycles. The van der Waals surface area contributed by atoms with Gasteiger partial charge in [0.15, 0.2) is 11.8 Å². The van der Waals surface area contributed by atoms with Crippen molar-refractivity contribution >= 4 is 5.96 Å². The van der Waals surface area contributed by atoms with E-state index in [1.165, 1.54) is 0 Å². The molecule has 7 nitrogen and oxygen atoms in total. The molecule has 0 amide bonds. The maximum absolute atomic E-state index is 5.61. The molecule has 130 valence electrons. The van der Waals surface area contributed by atoms with Gasteiger partial charge in [-0.2, -0.15) is 0 Å². The van der Waals surface area contributed by atoms with Crippen molar-refractivity contribution in [3.8, 4) is 0 Å². The lowest BCUT2D eigenvalue weighted by Gasteiger charge is -2.12. The average Bonchev–Trinajstić information content (AvgIpc) is 3.11. The minimum atomic E-state index is 0.552. The number of aromatic nitrogens is 3. The van der Waals surface area contributed by atoms with Gasteiger partial charge < -0.3 is 19.9 Å². The predicted octanol–water partition coefficient (Wildman–Crippen LogP) is 1.34. The molecule has 0 fully saturated rings. The van der Waals surface area contributed by atoms with Gasteiger partial charge in [0.05, 0.1) is 6.61 Å². The topological polar surface area (TPSA) is 76.4 Å². The lowest BCUT2D eigenvalue weighted by Crippen LogP contribution is -2.39. The highest BCUT2D eigenvalue weighted by molar-refractivity contribution is 5.79. The Morgan fingerprint density at radius 3 is 2.96 bits per heavy atom. The summed E-state index contributed by atoms with van der Waals surface area (Å²) in [4.78, 5) is 4.59. The fourth-order valence-electron chi connectivity index (χ4n) is 2.48. The van der Waals surface area contributed by atoms with Crippen LogP contribution in [0.1, 0.15) is 45.3 Å². The van der Waals surface area contributed by atoms with Crippen LogP contribution in [0, 0.1) is 5.92 Å². The largest absolute Gasteiger partial charge is 0.380 e. The first-order chi connectivity index (χ1) is 11.2. The molecule has 0 saturated heterocycles. The lowest BCUT2D eigenvalue weighted by atomic mass is 10.1. The van der Waals surface area contributed by atoms with E-state index in [-0.39, 0.29) is 0 Å². The number of nitrogens with zero attached hydrogens (tertiary/aromatic N) is 4. The standard InChI is InChI=1S/C16H30N6O/c1-4-17-16(18-8-11-23-10-7-13(2)3)19-12-15-21-20-14-6-5-9-22(14)15/h13H,4-12H2,1-3H3,(H2,17,18,19). The minimum Gasteiger partial charge on any atom is -0.380 e. The predicted molar refractivity (Wildman–Crippen MR) is 91.4 cm³/mol. The van der Waals surface area contributed by atoms with E-state index in [1.54, 1.807) is 0 Å². The van der Waals surface area contributed by atoms with Crippen LogP contribution < -0.4 is 10.6 Å². The van der Waals surface area contributed by atoms with E-state index < -0.39 is 0 Å². The van der Waals surface area contributed by atoms with E-state index >= 15 is 0 Å². The Kier molecular flexibility index (Phi) is 7.32. The van der Waals surface area contributed by atoms with E-state index in [4.69, 9.17) is 4.74 Å². The van der Waals surface area contributed by atoms with Crippen molar-refractivity contribution in [3.63, 3.8) is 0 Å². The number of aliphatic imine (C=N–C) groups is 1. The summed E-state index contributed by atoms with van der Waals surface area (Å²) in [6.45, 7) is 11.1. The summed E-state index contributed by atoms with van der Waals surface area (Å²) >= 11 is 0. The van der Waals surface area contributed by atoms with Crippen molar-refractivity contribution in [2.24, 2.45) is 10.9 Å². The van der Waals surface area contributed by atoms with Crippen LogP contribution >= 0.6 is 0 Å². The Morgan fingerprint density at radius 1 is 1.30 bits per heavy atom. The highest BCUT2D eigenvalue weighted by Crippen LogP contribution is 2.14. The van der Waals surface area contributed by atoms with Crippen molar-refractivity contribution in [1.29, 1.82) is 0 Å². The first kappa shape index (κ1) is 17.7. The highest BCUT2D eigenvalue weighted by Gasteiger charge is 2.16. The summed E-state index contributed by atoms with van der Waals surface area (Å²) in [6.07, 6.45) is 3.29. The zero-order valence-electron chi connectivity index (χ0n) is 14.6. The first-order valence-corrected chi connectivity index (χ1v) is 8.71. The molecule has 0 saturated carbocycles. The van der Waals surface area contributed by atoms with Gasteiger partial charge in [0, 0.05) is 32.7 Å². The third kappa shape index (κ3) is 5.82. The lowest BCUT2D eigenvalue weighted by molar-refractivity contribution is 0.128. The quantitative estimate of drug-likeness (QED) is 0.408. The van der Waals surface area contributed by atoms with Crippen LogP contribution in [-0.2, 0) is 24.2 Å². The summed E-state index contributed by atoms with van der Waals surface area (Å²) < 4.78 is 7.79. The maximum Gasteiger partial charge on any atom is 0.191 e. The van der Waals surface area contributed by atoms with Crippen molar-refractivity contribution < 1.29 is 4.74 Å². The highest BCUT2D eigenvalue weighted by atomic mass is 16.5. The van der Waals surface area contributed by atoms with Gasteiger partial charge in [-0.1, -0.05) is 13.8 Å². The van der Waals surface area contributed by atoms with Crippen molar-refractivity contribution in [1.82, 2.24) is 25.4 Å². The molecule has 2 N–H and O–H groups in total. The normalized spacial score (nSPS) is 14.3. The minimum absolute atomic E-state index is 0.552. The molecule has 0 radical (unpaired) electrons. The molecule has 1 aliphatic heterocycles. The number of ether oxygens (including phenoxy) is 1. The molecule has 23 heavy (non-hydrogen) atoms. The molecule has 0 aromatic carbocycles. The zero-order chi connectivity index (χ0) is 16.5. The molecule has 0 aliphatic carbocycles. The number of hydrogen-bond donors (Lipinski definition) is 2. The second kappa shape index (κ2) is 9.50. The Bertz CT molecular complexity index is 497. The summed E-state index contributed by atoms with van der Waals surface area (Å²) in [5.41, 5.74) is 0. The molecule has 7 heteroatoms. The number of rotatable bonds is 9. The van der Waals surface area contributed by atoms with Crippen LogP contribution in [0.3, 0.4) is 0 Å². The molecule has 0 bridgehead atoms. The molecule has 2 rings (SSSR count). The fraction of sp³-hybridized carbons (Fsp3) is 0.812. The monoisotopic (exact) mass is 322 g/mol. The Labute approximate surface area is 138 Å². The third-order valence-electron chi connectivity index (χ3n) is 3.79. The Morgan fingerprint density at radius 2 is 2.17 bits per heavy atom. The van der Waals surface area contributed by atoms with E-state index in [1.807, 2.05) is 0 Å². The second-order valence-corrected chi connectivity index (χ2v) is 6.20. The second-order valence-electron chi connectivity index (χ2n) is 6.20. The first-order valence-electron chi connectivity index (χ1n) is 8.71. The third-order valence-corrected chi connectivity index (χ3v) is 3.79. The number of nitrogens with one attached hydrogen (secondary N) is 2. The number of guanidine groups is 1. The van der Waals surface area contributed by atoms with Gasteiger partial charge in [-0.05, 0) is 25.7 Å². The SMILES string of the molecule is CCNC(=NCc1nnc2n1CCC2)NCCOCCC(C)C. The molecule has 1 aromatic rings. The van der Waals surface area contributed by atoms with Gasteiger partial charge in [-0.3, -0.25) is 0 Å². The average molecular weight is 322 g/mol. The molecule has 2 heterocycles. The van der Waals surface area contributed by atoms with Crippen molar-refractivity contribution in [2.45, 2.75) is 53.1 Å². The van der Waals surface area contributed by atoms with Gasteiger partial charge in [-0.25, -0.2) is 4.99 Å². The molecule has 0 atom stereocenters. The number of hydrogen-bond acceptors (Lipinski definition) is 4. The van der Waals surface area contributed by atoms with Crippen molar-refractivity contribution in [2.75, 3.05) is 26.3 Å². The summed E-state index contributed by atoms with van der Waals surface area (Å²) in [5, 5.41) is 15.0. The Hall–Kier alpha value is -1.63. The van der Waals surface area contributed by atoms with Crippen LogP contribution in [0.5, 0.6) is 0 Å². The number of aryl methyl sites for hydroxylation is 1. The molecular weight excluding hydrogens is 292 g/mol. The molecule has 0 unspecified atom stereocenters. The number of fused-ring (bicyclic) bond motifs is 1. The van der Waals surface area contributed by atoms with Crippen LogP contribution in [-0.4, -0.2) is 47.0 Å². The van der Waals surface area contributed by atoms with Crippen molar-refractivity contribution in [3.05, 3.63) is 11.6 Å². The van der Waals surface area contributed by atoms with Gasteiger partial charge in [-0.15, -0.1) is 10.2 Å². The van der Waals surface area contributed by atoms with Gasteiger partial charge in [0.2, 0.25) is 0 Å². The summed E-state index contributed by atoms with van der Waals surface area (Å²) in [6, 6.07) is 0. The summed E-state index contributed by atoms with van der Waals surface area (Å²) in [7, 11) is 0. The van der Waals surface area contributed by atoms with Gasteiger partial charge >= 0.3 is 0 Å². The van der Waals surface area contributed by atoms with Gasteiger partial charge in [0.1, 0.15) is 12.4 Å². The van der Waals surface area contributed by atoms with E-state index in [9.17, 15) is 0 Å². The van der Waals surface area contributed by atoms with E-state index in [0.29, 0.717) is 19.1 Å². The zero-order valence-corrected chi connectivity index (χ0v) is 14.6. The fourth-order valence-corrected chi connectivity index (χ4v) is 2.48. The maximum atomic E-state index is 5.61. The van der Waals surface area contributed by atoms with Crippen LogP contribution in [0.2, 0.25) is 0 Å². The molecular formula is C16H30N6O. The van der Waals surface area contributed by atoms with Crippen LogP contribution in [0.4, 0.5) is 0 Å². The summed E-state index contributed by atoms with van der Waals surface area (Å²) in [5.74, 6) is 3.52. The van der Waals surface area contributed by atoms with Crippen LogP contribution in [0.25, 0.3) is 0 Å². The van der Waals surface area contributed by atoms with Crippen LogP contribution in [0.15, 0.2) is 4.99 Å².